The fourth-order valence-corrected chi connectivity index (χ4v) is 3.85. The lowest BCUT2D eigenvalue weighted by atomic mass is 10.4. The van der Waals surface area contributed by atoms with Crippen LogP contribution in [0.4, 0.5) is 0 Å². The molecule has 1 aromatic heterocycles. The smallest absolute Gasteiger partial charge is 0.221 e. The van der Waals surface area contributed by atoms with Crippen LogP contribution in [0.1, 0.15) is 31.0 Å². The number of nitrogens with zero attached hydrogens (tertiary/aromatic N) is 2. The van der Waals surface area contributed by atoms with Crippen LogP contribution in [0.2, 0.25) is 0 Å². The molecule has 1 fully saturated rings. The monoisotopic (exact) mass is 347 g/mol. The van der Waals surface area contributed by atoms with E-state index in [0.29, 0.717) is 19.0 Å². The quantitative estimate of drug-likeness (QED) is 0.789. The summed E-state index contributed by atoms with van der Waals surface area (Å²) in [6.45, 7) is 1.13. The maximum Gasteiger partial charge on any atom is 0.221 e. The second-order valence-corrected chi connectivity index (χ2v) is 8.09. The number of aromatic nitrogens is 2. The van der Waals surface area contributed by atoms with Crippen molar-refractivity contribution in [2.75, 3.05) is 12.3 Å². The van der Waals surface area contributed by atoms with Gasteiger partial charge in [0.2, 0.25) is 5.91 Å². The van der Waals surface area contributed by atoms with Gasteiger partial charge in [-0.3, -0.25) is 4.79 Å². The highest BCUT2D eigenvalue weighted by Gasteiger charge is 2.27. The Labute approximate surface area is 141 Å². The van der Waals surface area contributed by atoms with Gasteiger partial charge < -0.3 is 9.88 Å². The van der Waals surface area contributed by atoms with Crippen LogP contribution in [0.15, 0.2) is 47.6 Å². The number of hydrogen-bond donors (Lipinski definition) is 1. The van der Waals surface area contributed by atoms with Crippen molar-refractivity contribution in [1.29, 1.82) is 0 Å². The first-order chi connectivity index (χ1) is 11.6. The zero-order chi connectivity index (χ0) is 17.0. The van der Waals surface area contributed by atoms with E-state index in [1.54, 1.807) is 36.5 Å². The van der Waals surface area contributed by atoms with E-state index in [1.807, 2.05) is 6.20 Å². The van der Waals surface area contributed by atoms with E-state index in [4.69, 9.17) is 0 Å². The summed E-state index contributed by atoms with van der Waals surface area (Å²) >= 11 is 0. The second-order valence-electron chi connectivity index (χ2n) is 5.98. The van der Waals surface area contributed by atoms with Gasteiger partial charge in [-0.05, 0) is 25.0 Å². The first-order valence-electron chi connectivity index (χ1n) is 8.12. The minimum atomic E-state index is -3.41. The average Bonchev–Trinajstić information content (AvgIpc) is 3.33. The molecule has 1 aliphatic carbocycles. The summed E-state index contributed by atoms with van der Waals surface area (Å²) in [6.07, 6.45) is 6.03. The maximum atomic E-state index is 12.1. The predicted molar refractivity (Wildman–Crippen MR) is 90.3 cm³/mol. The van der Waals surface area contributed by atoms with E-state index in [9.17, 15) is 13.2 Å². The molecule has 1 aromatic carbocycles. The Morgan fingerprint density at radius 1 is 1.25 bits per heavy atom. The van der Waals surface area contributed by atoms with Crippen LogP contribution in [-0.2, 0) is 21.2 Å². The number of rotatable bonds is 8. The van der Waals surface area contributed by atoms with Crippen LogP contribution in [-0.4, -0.2) is 36.2 Å². The fourth-order valence-electron chi connectivity index (χ4n) is 2.59. The molecule has 0 saturated heterocycles. The molecule has 1 heterocycles. The molecule has 0 aliphatic heterocycles. The Morgan fingerprint density at radius 2 is 2.00 bits per heavy atom. The van der Waals surface area contributed by atoms with Crippen LogP contribution >= 0.6 is 0 Å². The molecule has 1 saturated carbocycles. The fraction of sp³-hybridized carbons (Fsp3) is 0.412. The molecule has 6 nitrogen and oxygen atoms in total. The van der Waals surface area contributed by atoms with E-state index in [1.165, 1.54) is 12.8 Å². The molecule has 0 atom stereocenters. The van der Waals surface area contributed by atoms with Gasteiger partial charge in [-0.2, -0.15) is 0 Å². The largest absolute Gasteiger partial charge is 0.354 e. The number of nitrogens with one attached hydrogen (secondary N) is 1. The van der Waals surface area contributed by atoms with Gasteiger partial charge in [0.05, 0.1) is 10.6 Å². The third-order valence-electron chi connectivity index (χ3n) is 4.07. The summed E-state index contributed by atoms with van der Waals surface area (Å²) in [5, 5.41) is 2.78. The van der Waals surface area contributed by atoms with Crippen LogP contribution in [0, 0.1) is 0 Å². The van der Waals surface area contributed by atoms with Crippen LogP contribution in [0.3, 0.4) is 0 Å². The predicted octanol–water partition coefficient (Wildman–Crippen LogP) is 1.74. The van der Waals surface area contributed by atoms with Gasteiger partial charge in [-0.1, -0.05) is 18.2 Å². The van der Waals surface area contributed by atoms with Crippen LogP contribution in [0.25, 0.3) is 0 Å². The highest BCUT2D eigenvalue weighted by Crippen LogP contribution is 2.38. The lowest BCUT2D eigenvalue weighted by Gasteiger charge is -2.09. The molecule has 0 spiro atoms. The van der Waals surface area contributed by atoms with Crippen LogP contribution < -0.4 is 5.32 Å². The lowest BCUT2D eigenvalue weighted by Crippen LogP contribution is -2.29. The van der Waals surface area contributed by atoms with Crippen molar-refractivity contribution >= 4 is 15.7 Å². The van der Waals surface area contributed by atoms with Gasteiger partial charge in [-0.15, -0.1) is 0 Å². The number of imidazole rings is 1. The van der Waals surface area contributed by atoms with E-state index in [0.717, 1.165) is 5.82 Å². The normalized spacial score (nSPS) is 14.5. The standard InChI is InChI=1S/C17H21N3O3S/c21-16(8-13-24(22,23)15-4-2-1-3-5-15)18-9-11-20-12-10-19-17(20)14-6-7-14/h1-5,10,12,14H,6-9,11,13H2,(H,18,21). The van der Waals surface area contributed by atoms with Crippen molar-refractivity contribution in [3.05, 3.63) is 48.5 Å². The van der Waals surface area contributed by atoms with Gasteiger partial charge >= 0.3 is 0 Å². The summed E-state index contributed by atoms with van der Waals surface area (Å²) in [6, 6.07) is 8.21. The molecule has 24 heavy (non-hydrogen) atoms. The molecular formula is C17H21N3O3S. The Hall–Kier alpha value is -2.15. The summed E-state index contributed by atoms with van der Waals surface area (Å²) < 4.78 is 26.3. The molecule has 7 heteroatoms. The molecule has 0 radical (unpaired) electrons. The maximum absolute atomic E-state index is 12.1. The number of carbonyl (C=O) groups is 1. The van der Waals surface area contributed by atoms with E-state index >= 15 is 0 Å². The summed E-state index contributed by atoms with van der Waals surface area (Å²) in [4.78, 5) is 16.5. The molecule has 1 aliphatic rings. The summed E-state index contributed by atoms with van der Waals surface area (Å²) in [5.41, 5.74) is 0. The third-order valence-corrected chi connectivity index (χ3v) is 5.80. The van der Waals surface area contributed by atoms with Crippen molar-refractivity contribution in [3.63, 3.8) is 0 Å². The highest BCUT2D eigenvalue weighted by molar-refractivity contribution is 7.91. The van der Waals surface area contributed by atoms with Crippen molar-refractivity contribution in [3.8, 4) is 0 Å². The van der Waals surface area contributed by atoms with Crippen molar-refractivity contribution in [2.24, 2.45) is 0 Å². The third kappa shape index (κ3) is 4.23. The van der Waals surface area contributed by atoms with Crippen LogP contribution in [0.5, 0.6) is 0 Å². The molecule has 0 bridgehead atoms. The van der Waals surface area contributed by atoms with Gasteiger partial charge in [-0.25, -0.2) is 13.4 Å². The van der Waals surface area contributed by atoms with E-state index in [2.05, 4.69) is 14.9 Å². The lowest BCUT2D eigenvalue weighted by molar-refractivity contribution is -0.120. The number of sulfone groups is 1. The molecule has 2 aromatic rings. The number of amides is 1. The number of carbonyl (C=O) groups excluding carboxylic acids is 1. The minimum Gasteiger partial charge on any atom is -0.354 e. The average molecular weight is 347 g/mol. The van der Waals surface area contributed by atoms with Gasteiger partial charge in [0.1, 0.15) is 5.82 Å². The SMILES string of the molecule is O=C(CCS(=O)(=O)c1ccccc1)NCCn1ccnc1C1CC1. The Balaban J connectivity index is 1.43. The Kier molecular flexibility index (Phi) is 4.99. The Morgan fingerprint density at radius 3 is 2.71 bits per heavy atom. The first-order valence-corrected chi connectivity index (χ1v) is 9.77. The summed E-state index contributed by atoms with van der Waals surface area (Å²) in [7, 11) is -3.41. The Bertz CT molecular complexity index is 795. The van der Waals surface area contributed by atoms with Crippen molar-refractivity contribution in [1.82, 2.24) is 14.9 Å². The molecular weight excluding hydrogens is 326 g/mol. The molecule has 3 rings (SSSR count). The van der Waals surface area contributed by atoms with Gasteiger partial charge in [0.15, 0.2) is 9.84 Å². The van der Waals surface area contributed by atoms with Gasteiger partial charge in [0.25, 0.3) is 0 Å². The minimum absolute atomic E-state index is 0.0311. The second kappa shape index (κ2) is 7.17. The number of hydrogen-bond acceptors (Lipinski definition) is 4. The van der Waals surface area contributed by atoms with Crippen molar-refractivity contribution in [2.45, 2.75) is 36.6 Å². The van der Waals surface area contributed by atoms with E-state index in [-0.39, 0.29) is 23.0 Å². The zero-order valence-corrected chi connectivity index (χ0v) is 14.2. The molecule has 1 N–H and O–H groups in total. The first kappa shape index (κ1) is 16.7. The zero-order valence-electron chi connectivity index (χ0n) is 13.4. The molecule has 128 valence electrons. The van der Waals surface area contributed by atoms with E-state index < -0.39 is 9.84 Å². The van der Waals surface area contributed by atoms with Gasteiger partial charge in [0, 0.05) is 37.8 Å². The molecule has 0 unspecified atom stereocenters. The molecule has 1 amide bonds. The summed E-state index contributed by atoms with van der Waals surface area (Å²) in [5.74, 6) is 1.21. The number of benzene rings is 1. The van der Waals surface area contributed by atoms with Crippen molar-refractivity contribution < 1.29 is 13.2 Å². The topological polar surface area (TPSA) is 81.1 Å². The highest BCUT2D eigenvalue weighted by atomic mass is 32.2.